The van der Waals surface area contributed by atoms with Crippen molar-refractivity contribution in [1.82, 2.24) is 0 Å². The molecule has 2 aromatic carbocycles. The number of halogens is 1. The number of non-ortho nitro benzene ring substituents is 1. The van der Waals surface area contributed by atoms with Gasteiger partial charge < -0.3 is 5.32 Å². The van der Waals surface area contributed by atoms with Crippen molar-refractivity contribution >= 4 is 28.8 Å². The van der Waals surface area contributed by atoms with Gasteiger partial charge in [0.25, 0.3) is 5.69 Å². The van der Waals surface area contributed by atoms with Crippen LogP contribution in [0, 0.1) is 16.0 Å². The molecule has 0 fully saturated rings. The number of anilines is 1. The van der Waals surface area contributed by atoms with Crippen LogP contribution in [0.25, 0.3) is 0 Å². The number of nitrogens with zero attached hydrogens (tertiary/aromatic N) is 1. The van der Waals surface area contributed by atoms with Gasteiger partial charge in [-0.25, -0.2) is 0 Å². The first-order valence-electron chi connectivity index (χ1n) is 8.47. The van der Waals surface area contributed by atoms with E-state index in [4.69, 9.17) is 11.6 Å². The molecule has 0 amide bonds. The van der Waals surface area contributed by atoms with Crippen molar-refractivity contribution in [2.75, 3.05) is 5.32 Å². The molecule has 2 aliphatic rings. The van der Waals surface area contributed by atoms with E-state index in [0.717, 1.165) is 23.2 Å². The van der Waals surface area contributed by atoms with Crippen LogP contribution in [0.3, 0.4) is 0 Å². The minimum atomic E-state index is -0.403. The minimum absolute atomic E-state index is 0.0337. The summed E-state index contributed by atoms with van der Waals surface area (Å²) in [6.45, 7) is 1.56. The molecule has 0 radical (unpaired) electrons. The van der Waals surface area contributed by atoms with Crippen molar-refractivity contribution < 1.29 is 9.72 Å². The first-order valence-corrected chi connectivity index (χ1v) is 8.85. The van der Waals surface area contributed by atoms with Gasteiger partial charge in [0.15, 0.2) is 5.78 Å². The molecular weight excluding hydrogens is 352 g/mol. The summed E-state index contributed by atoms with van der Waals surface area (Å²) in [5.41, 5.74) is 3.49. The van der Waals surface area contributed by atoms with Crippen LogP contribution in [0.15, 0.2) is 48.6 Å². The second-order valence-corrected chi connectivity index (χ2v) is 7.20. The van der Waals surface area contributed by atoms with Gasteiger partial charge >= 0.3 is 0 Å². The highest BCUT2D eigenvalue weighted by atomic mass is 35.5. The lowest BCUT2D eigenvalue weighted by atomic mass is 9.76. The van der Waals surface area contributed by atoms with E-state index in [9.17, 15) is 14.9 Å². The van der Waals surface area contributed by atoms with Crippen LogP contribution in [0.1, 0.15) is 46.8 Å². The summed E-state index contributed by atoms with van der Waals surface area (Å²) in [5.74, 6) is 0.394. The van der Waals surface area contributed by atoms with E-state index in [1.54, 1.807) is 25.1 Å². The van der Waals surface area contributed by atoms with Crippen molar-refractivity contribution in [3.63, 3.8) is 0 Å². The predicted octanol–water partition coefficient (Wildman–Crippen LogP) is 5.28. The van der Waals surface area contributed by atoms with Gasteiger partial charge in [-0.2, -0.15) is 0 Å². The smallest absolute Gasteiger partial charge is 0.269 e. The molecule has 26 heavy (non-hydrogen) atoms. The number of nitro groups is 1. The minimum Gasteiger partial charge on any atom is -0.378 e. The standard InChI is InChI=1S/C20H17ClN2O3/c1-11(24)12-5-8-19-16(9-12)14-3-2-4-15(14)20(22-19)17-10-13(23(25)26)6-7-18(17)21/h2-3,5-10,14-15,20,22H,4H2,1H3/t14-,15+,20-/m1/s1. The molecule has 6 heteroatoms. The maximum absolute atomic E-state index is 11.7. The van der Waals surface area contributed by atoms with Crippen molar-refractivity contribution in [3.8, 4) is 0 Å². The normalized spacial score (nSPS) is 23.1. The van der Waals surface area contributed by atoms with Gasteiger partial charge in [-0.1, -0.05) is 23.8 Å². The van der Waals surface area contributed by atoms with Crippen LogP contribution >= 0.6 is 11.6 Å². The quantitative estimate of drug-likeness (QED) is 0.346. The summed E-state index contributed by atoms with van der Waals surface area (Å²) in [7, 11) is 0. The van der Waals surface area contributed by atoms with Crippen molar-refractivity contribution in [3.05, 3.63) is 80.4 Å². The van der Waals surface area contributed by atoms with Crippen LogP contribution in [-0.2, 0) is 0 Å². The number of carbonyl (C=O) groups is 1. The second-order valence-electron chi connectivity index (χ2n) is 6.80. The Morgan fingerprint density at radius 3 is 2.77 bits per heavy atom. The van der Waals surface area contributed by atoms with Gasteiger partial charge in [-0.3, -0.25) is 14.9 Å². The molecule has 0 saturated heterocycles. The first-order chi connectivity index (χ1) is 12.5. The Kier molecular flexibility index (Phi) is 4.04. The fraction of sp³-hybridized carbons (Fsp3) is 0.250. The molecule has 5 nitrogen and oxygen atoms in total. The van der Waals surface area contributed by atoms with Crippen molar-refractivity contribution in [2.45, 2.75) is 25.3 Å². The Morgan fingerprint density at radius 2 is 2.04 bits per heavy atom. The first kappa shape index (κ1) is 16.8. The third kappa shape index (κ3) is 2.69. The molecule has 132 valence electrons. The monoisotopic (exact) mass is 368 g/mol. The maximum atomic E-state index is 11.7. The molecule has 1 N–H and O–H groups in total. The Labute approximate surface area is 155 Å². The lowest BCUT2D eigenvalue weighted by Crippen LogP contribution is -2.29. The highest BCUT2D eigenvalue weighted by Gasteiger charge is 2.39. The zero-order valence-electron chi connectivity index (χ0n) is 14.1. The average molecular weight is 369 g/mol. The van der Waals surface area contributed by atoms with Gasteiger partial charge in [0.2, 0.25) is 0 Å². The molecule has 2 aromatic rings. The SMILES string of the molecule is CC(=O)c1ccc2c(c1)[C@@H]1C=CC[C@@H]1[C@H](c1cc([N+](=O)[O-])ccc1Cl)N2. The van der Waals surface area contributed by atoms with E-state index in [1.165, 1.54) is 6.07 Å². The number of allylic oxidation sites excluding steroid dienone is 2. The van der Waals surface area contributed by atoms with E-state index in [1.807, 2.05) is 12.1 Å². The van der Waals surface area contributed by atoms with E-state index in [2.05, 4.69) is 17.5 Å². The number of ketones is 1. The van der Waals surface area contributed by atoms with Gasteiger partial charge in [0.1, 0.15) is 0 Å². The van der Waals surface area contributed by atoms with Gasteiger partial charge in [-0.15, -0.1) is 0 Å². The fourth-order valence-electron chi connectivity index (χ4n) is 4.00. The fourth-order valence-corrected chi connectivity index (χ4v) is 4.24. The highest BCUT2D eigenvalue weighted by Crippen LogP contribution is 2.51. The number of rotatable bonds is 3. The summed E-state index contributed by atoms with van der Waals surface area (Å²) < 4.78 is 0. The topological polar surface area (TPSA) is 72.2 Å². The molecule has 1 aliphatic carbocycles. The average Bonchev–Trinajstić information content (AvgIpc) is 3.11. The summed E-state index contributed by atoms with van der Waals surface area (Å²) in [5, 5.41) is 15.2. The Balaban J connectivity index is 1.80. The van der Waals surface area contributed by atoms with E-state index in [-0.39, 0.29) is 29.3 Å². The van der Waals surface area contributed by atoms with Crippen LogP contribution < -0.4 is 5.32 Å². The van der Waals surface area contributed by atoms with Gasteiger partial charge in [0, 0.05) is 39.9 Å². The third-order valence-electron chi connectivity index (χ3n) is 5.29. The number of nitro benzene ring substituents is 1. The zero-order chi connectivity index (χ0) is 18.4. The number of carbonyl (C=O) groups excluding carboxylic acids is 1. The van der Waals surface area contributed by atoms with E-state index >= 15 is 0 Å². The molecule has 0 saturated carbocycles. The molecule has 4 rings (SSSR count). The zero-order valence-corrected chi connectivity index (χ0v) is 14.9. The largest absolute Gasteiger partial charge is 0.378 e. The van der Waals surface area contributed by atoms with Gasteiger partial charge in [-0.05, 0) is 49.1 Å². The number of benzene rings is 2. The summed E-state index contributed by atoms with van der Waals surface area (Å²) in [4.78, 5) is 22.5. The van der Waals surface area contributed by atoms with Crippen LogP contribution in [0.2, 0.25) is 5.02 Å². The highest BCUT2D eigenvalue weighted by molar-refractivity contribution is 6.31. The number of hydrogen-bond acceptors (Lipinski definition) is 4. The molecular formula is C20H17ClN2O3. The Bertz CT molecular complexity index is 954. The predicted molar refractivity (Wildman–Crippen MR) is 101 cm³/mol. The molecule has 0 unspecified atom stereocenters. The van der Waals surface area contributed by atoms with Gasteiger partial charge in [0.05, 0.1) is 11.0 Å². The lowest BCUT2D eigenvalue weighted by Gasteiger charge is -2.38. The molecule has 0 aromatic heterocycles. The Hall–Kier alpha value is -2.66. The van der Waals surface area contributed by atoms with Crippen LogP contribution in [0.4, 0.5) is 11.4 Å². The number of fused-ring (bicyclic) bond motifs is 3. The van der Waals surface area contributed by atoms with Crippen LogP contribution in [-0.4, -0.2) is 10.7 Å². The molecule has 0 bridgehead atoms. The number of nitrogens with one attached hydrogen (secondary N) is 1. The van der Waals surface area contributed by atoms with Crippen LogP contribution in [0.5, 0.6) is 0 Å². The summed E-state index contributed by atoms with van der Waals surface area (Å²) >= 11 is 6.39. The molecule has 1 heterocycles. The molecule has 1 aliphatic heterocycles. The van der Waals surface area contributed by atoms with E-state index < -0.39 is 4.92 Å². The maximum Gasteiger partial charge on any atom is 0.269 e. The summed E-state index contributed by atoms with van der Waals surface area (Å²) in [6, 6.07) is 10.1. The summed E-state index contributed by atoms with van der Waals surface area (Å²) in [6.07, 6.45) is 5.14. The van der Waals surface area contributed by atoms with Crippen molar-refractivity contribution in [2.24, 2.45) is 5.92 Å². The molecule has 3 atom stereocenters. The van der Waals surface area contributed by atoms with E-state index in [0.29, 0.717) is 10.6 Å². The number of Topliss-reactive ketones (excluding diaryl/α,β-unsaturated/α-hetero) is 1. The second kappa shape index (κ2) is 6.25. The number of hydrogen-bond donors (Lipinski definition) is 1. The Morgan fingerprint density at radius 1 is 1.23 bits per heavy atom. The van der Waals surface area contributed by atoms with Crippen molar-refractivity contribution in [1.29, 1.82) is 0 Å². The lowest BCUT2D eigenvalue weighted by molar-refractivity contribution is -0.384. The third-order valence-corrected chi connectivity index (χ3v) is 5.64. The molecule has 0 spiro atoms.